The summed E-state index contributed by atoms with van der Waals surface area (Å²) in [5.74, 6) is 0.716. The summed E-state index contributed by atoms with van der Waals surface area (Å²) < 4.78 is 5.46. The van der Waals surface area contributed by atoms with Crippen LogP contribution in [-0.2, 0) is 5.60 Å². The Bertz CT molecular complexity index is 351. The van der Waals surface area contributed by atoms with Crippen LogP contribution in [0.1, 0.15) is 25.3 Å². The van der Waals surface area contributed by atoms with Gasteiger partial charge in [0, 0.05) is 17.0 Å². The molecule has 2 rings (SSSR count). The van der Waals surface area contributed by atoms with Crippen LogP contribution in [0.4, 0.5) is 0 Å². The van der Waals surface area contributed by atoms with Crippen molar-refractivity contribution in [2.45, 2.75) is 25.4 Å². The van der Waals surface area contributed by atoms with E-state index < -0.39 is 5.60 Å². The van der Waals surface area contributed by atoms with Gasteiger partial charge in [-0.15, -0.1) is 0 Å². The van der Waals surface area contributed by atoms with Crippen LogP contribution in [0.5, 0.6) is 5.75 Å². The number of benzene rings is 1. The number of fused-ring (bicyclic) bond motifs is 1. The average Bonchev–Trinajstić information content (AvgIpc) is 2.18. The highest BCUT2D eigenvalue weighted by atomic mass is 35.5. The van der Waals surface area contributed by atoms with E-state index in [0.29, 0.717) is 30.2 Å². The van der Waals surface area contributed by atoms with Crippen LogP contribution in [-0.4, -0.2) is 11.7 Å². The summed E-state index contributed by atoms with van der Waals surface area (Å²) in [5, 5.41) is 10.9. The minimum Gasteiger partial charge on any atom is -0.493 e. The van der Waals surface area contributed by atoms with Crippen LogP contribution in [0, 0.1) is 0 Å². The standard InChI is InChI=1S/C11H13ClO2/c1-2-11(13)5-6-14-10-7-8(12)3-4-9(10)11/h3-4,7,13H,2,5-6H2,1H3. The lowest BCUT2D eigenvalue weighted by Crippen LogP contribution is -2.31. The zero-order chi connectivity index (χ0) is 10.2. The van der Waals surface area contributed by atoms with Gasteiger partial charge in [-0.1, -0.05) is 24.6 Å². The topological polar surface area (TPSA) is 29.5 Å². The van der Waals surface area contributed by atoms with E-state index in [9.17, 15) is 5.11 Å². The molecule has 1 unspecified atom stereocenters. The molecule has 3 heteroatoms. The molecule has 0 saturated heterocycles. The predicted molar refractivity (Wildman–Crippen MR) is 55.8 cm³/mol. The van der Waals surface area contributed by atoms with E-state index in [2.05, 4.69) is 0 Å². The van der Waals surface area contributed by atoms with Crippen LogP contribution >= 0.6 is 11.6 Å². The third kappa shape index (κ3) is 1.49. The predicted octanol–water partition coefficient (Wildman–Crippen LogP) is 2.72. The van der Waals surface area contributed by atoms with Gasteiger partial charge < -0.3 is 9.84 Å². The second-order valence-electron chi connectivity index (χ2n) is 3.62. The average molecular weight is 213 g/mol. The number of halogens is 1. The molecule has 0 aromatic heterocycles. The molecule has 0 spiro atoms. The molecule has 1 heterocycles. The van der Waals surface area contributed by atoms with E-state index in [1.807, 2.05) is 13.0 Å². The minimum atomic E-state index is -0.738. The number of rotatable bonds is 1. The SMILES string of the molecule is CCC1(O)CCOc2cc(Cl)ccc21. The van der Waals surface area contributed by atoms with Crippen LogP contribution in [0.2, 0.25) is 5.02 Å². The molecule has 14 heavy (non-hydrogen) atoms. The van der Waals surface area contributed by atoms with Gasteiger partial charge in [0.05, 0.1) is 12.2 Å². The van der Waals surface area contributed by atoms with Crippen LogP contribution in [0.3, 0.4) is 0 Å². The molecule has 1 aromatic carbocycles. The summed E-state index contributed by atoms with van der Waals surface area (Å²) in [6.07, 6.45) is 1.35. The lowest BCUT2D eigenvalue weighted by atomic mass is 9.86. The van der Waals surface area contributed by atoms with E-state index in [-0.39, 0.29) is 0 Å². The molecule has 1 aromatic rings. The minimum absolute atomic E-state index is 0.553. The van der Waals surface area contributed by atoms with E-state index in [1.54, 1.807) is 12.1 Å². The Hall–Kier alpha value is -0.730. The number of hydrogen-bond donors (Lipinski definition) is 1. The Labute approximate surface area is 88.5 Å². The number of ether oxygens (including phenoxy) is 1. The van der Waals surface area contributed by atoms with Crippen molar-refractivity contribution >= 4 is 11.6 Å². The van der Waals surface area contributed by atoms with Crippen molar-refractivity contribution < 1.29 is 9.84 Å². The molecule has 2 nitrogen and oxygen atoms in total. The van der Waals surface area contributed by atoms with Crippen LogP contribution < -0.4 is 4.74 Å². The van der Waals surface area contributed by atoms with Crippen molar-refractivity contribution in [3.8, 4) is 5.75 Å². The molecule has 0 aliphatic carbocycles. The summed E-state index contributed by atoms with van der Waals surface area (Å²) in [4.78, 5) is 0. The maximum absolute atomic E-state index is 10.3. The Kier molecular flexibility index (Phi) is 2.41. The highest BCUT2D eigenvalue weighted by Gasteiger charge is 2.33. The molecule has 0 amide bonds. The van der Waals surface area contributed by atoms with Gasteiger partial charge in [-0.05, 0) is 18.6 Å². The zero-order valence-electron chi connectivity index (χ0n) is 8.09. The highest BCUT2D eigenvalue weighted by molar-refractivity contribution is 6.30. The van der Waals surface area contributed by atoms with Crippen LogP contribution in [0.15, 0.2) is 18.2 Å². The van der Waals surface area contributed by atoms with Crippen molar-refractivity contribution in [2.24, 2.45) is 0 Å². The molecule has 0 saturated carbocycles. The van der Waals surface area contributed by atoms with Crippen LogP contribution in [0.25, 0.3) is 0 Å². The molecule has 0 fully saturated rings. The van der Waals surface area contributed by atoms with E-state index >= 15 is 0 Å². The maximum Gasteiger partial charge on any atom is 0.126 e. The summed E-state index contributed by atoms with van der Waals surface area (Å²) in [7, 11) is 0. The third-order valence-corrected chi connectivity index (χ3v) is 3.04. The van der Waals surface area contributed by atoms with Crippen molar-refractivity contribution in [1.29, 1.82) is 0 Å². The Balaban J connectivity index is 2.50. The smallest absolute Gasteiger partial charge is 0.126 e. The lowest BCUT2D eigenvalue weighted by molar-refractivity contribution is -0.00636. The molecular formula is C11H13ClO2. The van der Waals surface area contributed by atoms with Crippen molar-refractivity contribution in [1.82, 2.24) is 0 Å². The Morgan fingerprint density at radius 1 is 1.57 bits per heavy atom. The molecule has 1 aliphatic heterocycles. The monoisotopic (exact) mass is 212 g/mol. The van der Waals surface area contributed by atoms with Gasteiger partial charge in [0.25, 0.3) is 0 Å². The van der Waals surface area contributed by atoms with Gasteiger partial charge in [-0.2, -0.15) is 0 Å². The van der Waals surface area contributed by atoms with Gasteiger partial charge in [-0.3, -0.25) is 0 Å². The second kappa shape index (κ2) is 3.44. The van der Waals surface area contributed by atoms with Crippen molar-refractivity contribution in [3.05, 3.63) is 28.8 Å². The number of hydrogen-bond acceptors (Lipinski definition) is 2. The van der Waals surface area contributed by atoms with Gasteiger partial charge in [0.2, 0.25) is 0 Å². The van der Waals surface area contributed by atoms with E-state index in [1.165, 1.54) is 0 Å². The lowest BCUT2D eigenvalue weighted by Gasteiger charge is -2.33. The summed E-state index contributed by atoms with van der Waals surface area (Å²) >= 11 is 5.85. The van der Waals surface area contributed by atoms with E-state index in [0.717, 1.165) is 5.56 Å². The first kappa shape index (κ1) is 9.81. The van der Waals surface area contributed by atoms with Gasteiger partial charge in [-0.25, -0.2) is 0 Å². The Morgan fingerprint density at radius 2 is 2.36 bits per heavy atom. The maximum atomic E-state index is 10.3. The Morgan fingerprint density at radius 3 is 3.07 bits per heavy atom. The molecule has 1 N–H and O–H groups in total. The second-order valence-corrected chi connectivity index (χ2v) is 4.06. The van der Waals surface area contributed by atoms with Crippen molar-refractivity contribution in [2.75, 3.05) is 6.61 Å². The fourth-order valence-corrected chi connectivity index (χ4v) is 1.99. The molecule has 76 valence electrons. The zero-order valence-corrected chi connectivity index (χ0v) is 8.84. The molecule has 1 aliphatic rings. The molecular weight excluding hydrogens is 200 g/mol. The third-order valence-electron chi connectivity index (χ3n) is 2.80. The normalized spacial score (nSPS) is 25.4. The van der Waals surface area contributed by atoms with Gasteiger partial charge >= 0.3 is 0 Å². The fourth-order valence-electron chi connectivity index (χ4n) is 1.83. The summed E-state index contributed by atoms with van der Waals surface area (Å²) in [5.41, 5.74) is 0.119. The molecule has 0 radical (unpaired) electrons. The van der Waals surface area contributed by atoms with Gasteiger partial charge in [0.15, 0.2) is 0 Å². The van der Waals surface area contributed by atoms with Crippen molar-refractivity contribution in [3.63, 3.8) is 0 Å². The fraction of sp³-hybridized carbons (Fsp3) is 0.455. The first-order chi connectivity index (χ1) is 6.65. The summed E-state index contributed by atoms with van der Waals surface area (Å²) in [6.45, 7) is 2.53. The summed E-state index contributed by atoms with van der Waals surface area (Å²) in [6, 6.07) is 5.40. The van der Waals surface area contributed by atoms with E-state index in [4.69, 9.17) is 16.3 Å². The molecule has 1 atom stereocenters. The quantitative estimate of drug-likeness (QED) is 0.776. The highest BCUT2D eigenvalue weighted by Crippen LogP contribution is 2.40. The molecule has 0 bridgehead atoms. The first-order valence-electron chi connectivity index (χ1n) is 4.81. The number of aliphatic hydroxyl groups is 1. The first-order valence-corrected chi connectivity index (χ1v) is 5.19. The largest absolute Gasteiger partial charge is 0.493 e. The van der Waals surface area contributed by atoms with Gasteiger partial charge in [0.1, 0.15) is 5.75 Å².